The number of hydrogen-bond acceptors (Lipinski definition) is 5. The van der Waals surface area contributed by atoms with Crippen molar-refractivity contribution in [1.29, 1.82) is 0 Å². The van der Waals surface area contributed by atoms with Gasteiger partial charge in [0.05, 0.1) is 19.8 Å². The summed E-state index contributed by atoms with van der Waals surface area (Å²) < 4.78 is 11.5. The van der Waals surface area contributed by atoms with E-state index < -0.39 is 0 Å². The van der Waals surface area contributed by atoms with Crippen molar-refractivity contribution in [2.24, 2.45) is 0 Å². The van der Waals surface area contributed by atoms with E-state index in [1.807, 2.05) is 19.9 Å². The molecule has 1 N–H and O–H groups in total. The Balaban J connectivity index is 1.61. The molecule has 3 rings (SSSR count). The van der Waals surface area contributed by atoms with Crippen LogP contribution in [0.25, 0.3) is 0 Å². The van der Waals surface area contributed by atoms with Gasteiger partial charge >= 0.3 is 0 Å². The molecule has 0 fully saturated rings. The topological polar surface area (TPSA) is 71.1 Å². The number of nitrogens with zero attached hydrogens (tertiary/aromatic N) is 2. The number of carbonyl (C=O) groups excluding carboxylic acids is 2. The van der Waals surface area contributed by atoms with Gasteiger partial charge in [-0.2, -0.15) is 0 Å². The zero-order valence-electron chi connectivity index (χ0n) is 18.7. The Morgan fingerprint density at radius 1 is 1.00 bits per heavy atom. The van der Waals surface area contributed by atoms with Gasteiger partial charge in [-0.05, 0) is 67.8 Å². The predicted octanol–water partition coefficient (Wildman–Crippen LogP) is 3.18. The molecule has 0 radical (unpaired) electrons. The van der Waals surface area contributed by atoms with Crippen LogP contribution in [0.5, 0.6) is 11.5 Å². The van der Waals surface area contributed by atoms with Gasteiger partial charge in [0.1, 0.15) is 0 Å². The summed E-state index contributed by atoms with van der Waals surface area (Å²) in [5.41, 5.74) is 3.67. The van der Waals surface area contributed by atoms with Crippen LogP contribution in [-0.2, 0) is 17.8 Å². The molecule has 7 nitrogen and oxygen atoms in total. The number of ether oxygens (including phenoxy) is 2. The maximum atomic E-state index is 12.6. The molecular weight excluding hydrogens is 394 g/mol. The van der Waals surface area contributed by atoms with Crippen LogP contribution in [0.2, 0.25) is 0 Å². The van der Waals surface area contributed by atoms with Crippen LogP contribution in [0.4, 0.5) is 5.69 Å². The average molecular weight is 426 g/mol. The van der Waals surface area contributed by atoms with E-state index in [4.69, 9.17) is 9.47 Å². The highest BCUT2D eigenvalue weighted by atomic mass is 16.5. The summed E-state index contributed by atoms with van der Waals surface area (Å²) in [7, 11) is 3.42. The number of carbonyl (C=O) groups is 2. The van der Waals surface area contributed by atoms with Crippen molar-refractivity contribution < 1.29 is 19.1 Å². The van der Waals surface area contributed by atoms with Crippen LogP contribution < -0.4 is 14.8 Å². The molecule has 1 aliphatic rings. The predicted molar refractivity (Wildman–Crippen MR) is 121 cm³/mol. The minimum Gasteiger partial charge on any atom is -0.490 e. The fourth-order valence-electron chi connectivity index (χ4n) is 3.65. The van der Waals surface area contributed by atoms with E-state index in [0.29, 0.717) is 37.6 Å². The lowest BCUT2D eigenvalue weighted by atomic mass is 9.98. The summed E-state index contributed by atoms with van der Waals surface area (Å²) in [6.07, 6.45) is 0.858. The van der Waals surface area contributed by atoms with Crippen molar-refractivity contribution in [2.75, 3.05) is 45.7 Å². The maximum Gasteiger partial charge on any atom is 0.253 e. The molecule has 2 aromatic carbocycles. The molecule has 31 heavy (non-hydrogen) atoms. The Morgan fingerprint density at radius 3 is 2.19 bits per heavy atom. The van der Waals surface area contributed by atoms with E-state index >= 15 is 0 Å². The van der Waals surface area contributed by atoms with Gasteiger partial charge < -0.3 is 19.7 Å². The molecule has 1 aliphatic heterocycles. The molecule has 0 saturated carbocycles. The maximum absolute atomic E-state index is 12.6. The summed E-state index contributed by atoms with van der Waals surface area (Å²) in [5, 5.41) is 2.92. The van der Waals surface area contributed by atoms with E-state index in [-0.39, 0.29) is 11.8 Å². The number of amides is 2. The minimum absolute atomic E-state index is 0.0659. The van der Waals surface area contributed by atoms with Gasteiger partial charge in [-0.1, -0.05) is 0 Å². The molecule has 0 aliphatic carbocycles. The Bertz CT molecular complexity index is 925. The summed E-state index contributed by atoms with van der Waals surface area (Å²) in [6, 6.07) is 11.1. The number of fused-ring (bicyclic) bond motifs is 1. The van der Waals surface area contributed by atoms with E-state index in [2.05, 4.69) is 16.3 Å². The molecule has 0 unspecified atom stereocenters. The van der Waals surface area contributed by atoms with Crippen molar-refractivity contribution >= 4 is 17.5 Å². The third-order valence-electron chi connectivity index (χ3n) is 5.15. The Morgan fingerprint density at radius 2 is 1.61 bits per heavy atom. The van der Waals surface area contributed by atoms with Crippen molar-refractivity contribution in [3.05, 3.63) is 53.1 Å². The Kier molecular flexibility index (Phi) is 7.52. The molecule has 0 saturated heterocycles. The monoisotopic (exact) mass is 425 g/mol. The summed E-state index contributed by atoms with van der Waals surface area (Å²) in [4.78, 5) is 28.2. The number of anilines is 1. The van der Waals surface area contributed by atoms with E-state index in [0.717, 1.165) is 30.0 Å². The molecule has 2 aromatic rings. The molecule has 166 valence electrons. The second-order valence-electron chi connectivity index (χ2n) is 7.72. The van der Waals surface area contributed by atoms with Crippen molar-refractivity contribution in [3.8, 4) is 11.5 Å². The SMILES string of the molecule is CCOc1cc2c(cc1OCC)CN(CC(=O)Nc1ccc(C(=O)N(C)C)cc1)CC2. The molecule has 2 amide bonds. The number of hydrogen-bond donors (Lipinski definition) is 1. The van der Waals surface area contributed by atoms with Crippen molar-refractivity contribution in [3.63, 3.8) is 0 Å². The van der Waals surface area contributed by atoms with E-state index in [1.165, 1.54) is 10.5 Å². The van der Waals surface area contributed by atoms with Crippen LogP contribution in [0.3, 0.4) is 0 Å². The fraction of sp³-hybridized carbons (Fsp3) is 0.417. The standard InChI is InChI=1S/C24H31N3O4/c1-5-30-21-13-18-11-12-27(15-19(18)14-22(21)31-6-2)16-23(28)25-20-9-7-17(8-10-20)24(29)26(3)4/h7-10,13-14H,5-6,11-12,15-16H2,1-4H3,(H,25,28). The lowest BCUT2D eigenvalue weighted by Crippen LogP contribution is -2.37. The molecule has 0 bridgehead atoms. The van der Waals surface area contributed by atoms with Crippen molar-refractivity contribution in [1.82, 2.24) is 9.80 Å². The van der Waals surface area contributed by atoms with Gasteiger partial charge in [0, 0.05) is 38.4 Å². The number of rotatable bonds is 8. The van der Waals surface area contributed by atoms with Crippen LogP contribution >= 0.6 is 0 Å². The second kappa shape index (κ2) is 10.3. The van der Waals surface area contributed by atoms with Gasteiger partial charge in [-0.3, -0.25) is 14.5 Å². The molecule has 1 heterocycles. The van der Waals surface area contributed by atoms with Crippen LogP contribution in [0, 0.1) is 0 Å². The molecule has 0 spiro atoms. The smallest absolute Gasteiger partial charge is 0.253 e. The first-order valence-corrected chi connectivity index (χ1v) is 10.7. The highest BCUT2D eigenvalue weighted by Crippen LogP contribution is 2.33. The molecule has 0 aromatic heterocycles. The van der Waals surface area contributed by atoms with Gasteiger partial charge in [-0.15, -0.1) is 0 Å². The van der Waals surface area contributed by atoms with Gasteiger partial charge in [0.15, 0.2) is 11.5 Å². The highest BCUT2D eigenvalue weighted by Gasteiger charge is 2.21. The van der Waals surface area contributed by atoms with E-state index in [9.17, 15) is 9.59 Å². The normalized spacial score (nSPS) is 13.3. The van der Waals surface area contributed by atoms with Crippen LogP contribution in [0.1, 0.15) is 35.3 Å². The Hall–Kier alpha value is -3.06. The largest absolute Gasteiger partial charge is 0.490 e. The van der Waals surface area contributed by atoms with E-state index in [1.54, 1.807) is 38.4 Å². The zero-order valence-corrected chi connectivity index (χ0v) is 18.7. The lowest BCUT2D eigenvalue weighted by molar-refractivity contribution is -0.117. The number of nitrogens with one attached hydrogen (secondary N) is 1. The first-order valence-electron chi connectivity index (χ1n) is 10.7. The first-order chi connectivity index (χ1) is 14.9. The van der Waals surface area contributed by atoms with Gasteiger partial charge in [0.25, 0.3) is 5.91 Å². The average Bonchev–Trinajstić information content (AvgIpc) is 2.74. The van der Waals surface area contributed by atoms with Crippen LogP contribution in [0.15, 0.2) is 36.4 Å². The summed E-state index contributed by atoms with van der Waals surface area (Å²) >= 11 is 0. The van der Waals surface area contributed by atoms with Crippen LogP contribution in [-0.4, -0.2) is 62.0 Å². The molecule has 0 atom stereocenters. The van der Waals surface area contributed by atoms with Gasteiger partial charge in [-0.25, -0.2) is 0 Å². The fourth-order valence-corrected chi connectivity index (χ4v) is 3.65. The third kappa shape index (κ3) is 5.76. The Labute approximate surface area is 183 Å². The second-order valence-corrected chi connectivity index (χ2v) is 7.72. The quantitative estimate of drug-likeness (QED) is 0.703. The zero-order chi connectivity index (χ0) is 22.4. The molecular formula is C24H31N3O4. The number of benzene rings is 2. The lowest BCUT2D eigenvalue weighted by Gasteiger charge is -2.29. The third-order valence-corrected chi connectivity index (χ3v) is 5.15. The molecule has 7 heteroatoms. The minimum atomic E-state index is -0.0777. The summed E-state index contributed by atoms with van der Waals surface area (Å²) in [5.74, 6) is 1.39. The van der Waals surface area contributed by atoms with Gasteiger partial charge in [0.2, 0.25) is 5.91 Å². The van der Waals surface area contributed by atoms with Crippen molar-refractivity contribution in [2.45, 2.75) is 26.8 Å². The first kappa shape index (κ1) is 22.6. The summed E-state index contributed by atoms with van der Waals surface area (Å²) in [6.45, 7) is 6.87. The highest BCUT2D eigenvalue weighted by molar-refractivity contribution is 5.96.